The van der Waals surface area contributed by atoms with Crippen molar-refractivity contribution in [2.45, 2.75) is 45.0 Å². The van der Waals surface area contributed by atoms with Gasteiger partial charge in [-0.05, 0) is 31.7 Å². The van der Waals surface area contributed by atoms with E-state index in [9.17, 15) is 17.6 Å². The lowest BCUT2D eigenvalue weighted by Gasteiger charge is -2.16. The Labute approximate surface area is 163 Å². The van der Waals surface area contributed by atoms with Crippen molar-refractivity contribution < 1.29 is 17.6 Å². The van der Waals surface area contributed by atoms with Crippen LogP contribution in [-0.2, 0) is 25.7 Å². The molecule has 0 amide bonds. The first-order valence-electron chi connectivity index (χ1n) is 9.26. The number of nitrogens with one attached hydrogen (secondary N) is 2. The molecule has 1 aliphatic rings. The molecular formula is C19H18F4N6. The number of H-pyrrole nitrogens is 1. The van der Waals surface area contributed by atoms with Gasteiger partial charge in [0.1, 0.15) is 12.5 Å². The monoisotopic (exact) mass is 406 g/mol. The smallest absolute Gasteiger partial charge is 0.307 e. The van der Waals surface area contributed by atoms with E-state index < -0.39 is 18.4 Å². The number of rotatable bonds is 4. The molecule has 0 fully saturated rings. The van der Waals surface area contributed by atoms with Gasteiger partial charge in [0.25, 0.3) is 0 Å². The van der Waals surface area contributed by atoms with Crippen molar-refractivity contribution in [3.8, 4) is 11.4 Å². The number of hydrogen-bond acceptors (Lipinski definition) is 5. The Morgan fingerprint density at radius 2 is 1.79 bits per heavy atom. The molecule has 6 nitrogen and oxygen atoms in total. The minimum Gasteiger partial charge on any atom is -0.307 e. The molecule has 2 N–H and O–H groups in total. The number of anilines is 2. The van der Waals surface area contributed by atoms with E-state index in [4.69, 9.17) is 0 Å². The van der Waals surface area contributed by atoms with Gasteiger partial charge in [0.15, 0.2) is 11.6 Å². The second-order valence-electron chi connectivity index (χ2n) is 6.79. The van der Waals surface area contributed by atoms with Gasteiger partial charge in [0.2, 0.25) is 5.95 Å². The number of alkyl halides is 4. The maximum atomic E-state index is 13.5. The summed E-state index contributed by atoms with van der Waals surface area (Å²) in [6, 6.07) is 5.23. The van der Waals surface area contributed by atoms with Crippen LogP contribution < -0.4 is 5.32 Å². The predicted molar refractivity (Wildman–Crippen MR) is 98.2 cm³/mol. The molecule has 4 rings (SSSR count). The average molecular weight is 406 g/mol. The van der Waals surface area contributed by atoms with Crippen molar-refractivity contribution in [1.29, 1.82) is 0 Å². The van der Waals surface area contributed by atoms with Crippen LogP contribution in [0, 0.1) is 0 Å². The van der Waals surface area contributed by atoms with Crippen LogP contribution >= 0.6 is 0 Å². The fraction of sp³-hybridized carbons (Fsp3) is 0.368. The molecule has 2 aromatic heterocycles. The Bertz CT molecular complexity index is 1010. The summed E-state index contributed by atoms with van der Waals surface area (Å²) in [5.74, 6) is 0.503. The second kappa shape index (κ2) is 7.76. The maximum Gasteiger partial charge on any atom is 0.417 e. The molecular weight excluding hydrogens is 388 g/mol. The van der Waals surface area contributed by atoms with Gasteiger partial charge in [-0.15, -0.1) is 5.10 Å². The van der Waals surface area contributed by atoms with E-state index >= 15 is 0 Å². The van der Waals surface area contributed by atoms with E-state index in [2.05, 4.69) is 30.5 Å². The van der Waals surface area contributed by atoms with E-state index in [0.29, 0.717) is 24.4 Å². The highest BCUT2D eigenvalue weighted by atomic mass is 19.4. The molecule has 3 aromatic rings. The summed E-state index contributed by atoms with van der Waals surface area (Å²) in [5, 5.41) is 9.27. The van der Waals surface area contributed by atoms with Gasteiger partial charge in [-0.1, -0.05) is 24.6 Å². The molecule has 152 valence electrons. The molecule has 2 heterocycles. The van der Waals surface area contributed by atoms with Crippen LogP contribution in [0.15, 0.2) is 24.3 Å². The standard InChI is InChI=1S/C19H18F4N6/c20-10-15-25-18(29-28-15)27-17-12-7-2-1-3-9-14(12)24-16(26-17)11-6-4-5-8-13(11)19(21,22)23/h4-6,8H,1-3,7,9-10H2,(H2,24,25,26,27,28,29). The number of aryl methyl sites for hydroxylation is 1. The van der Waals surface area contributed by atoms with Crippen LogP contribution in [0.25, 0.3) is 11.4 Å². The average Bonchev–Trinajstić information content (AvgIpc) is 3.02. The Morgan fingerprint density at radius 1 is 1.00 bits per heavy atom. The zero-order valence-corrected chi connectivity index (χ0v) is 15.4. The highest BCUT2D eigenvalue weighted by molar-refractivity contribution is 5.66. The molecule has 0 aliphatic heterocycles. The summed E-state index contributed by atoms with van der Waals surface area (Å²) in [6.07, 6.45) is -0.364. The molecule has 0 unspecified atom stereocenters. The van der Waals surface area contributed by atoms with E-state index in [1.807, 2.05) is 0 Å². The molecule has 0 spiro atoms. The first-order chi connectivity index (χ1) is 14.0. The molecule has 0 bridgehead atoms. The zero-order valence-electron chi connectivity index (χ0n) is 15.4. The summed E-state index contributed by atoms with van der Waals surface area (Å²) in [7, 11) is 0. The number of halogens is 4. The topological polar surface area (TPSA) is 79.4 Å². The van der Waals surface area contributed by atoms with Crippen LogP contribution in [-0.4, -0.2) is 25.1 Å². The zero-order chi connectivity index (χ0) is 20.4. The fourth-order valence-electron chi connectivity index (χ4n) is 3.44. The lowest BCUT2D eigenvalue weighted by molar-refractivity contribution is -0.137. The van der Waals surface area contributed by atoms with Crippen molar-refractivity contribution in [3.05, 3.63) is 46.9 Å². The number of benzene rings is 1. The molecule has 1 aromatic carbocycles. The van der Waals surface area contributed by atoms with Crippen molar-refractivity contribution in [1.82, 2.24) is 25.1 Å². The molecule has 0 atom stereocenters. The van der Waals surface area contributed by atoms with Gasteiger partial charge in [0.05, 0.1) is 5.56 Å². The Hall–Kier alpha value is -3.04. The molecule has 10 heteroatoms. The summed E-state index contributed by atoms with van der Waals surface area (Å²) in [4.78, 5) is 12.8. The number of hydrogen-bond donors (Lipinski definition) is 2. The lowest BCUT2D eigenvalue weighted by atomic mass is 10.0. The fourth-order valence-corrected chi connectivity index (χ4v) is 3.44. The van der Waals surface area contributed by atoms with Gasteiger partial charge in [-0.2, -0.15) is 18.2 Å². The Balaban J connectivity index is 1.83. The number of nitrogens with zero attached hydrogens (tertiary/aromatic N) is 4. The summed E-state index contributed by atoms with van der Waals surface area (Å²) >= 11 is 0. The van der Waals surface area contributed by atoms with Crippen molar-refractivity contribution in [3.63, 3.8) is 0 Å². The molecule has 0 saturated carbocycles. The Morgan fingerprint density at radius 3 is 2.55 bits per heavy atom. The number of aromatic amines is 1. The highest BCUT2D eigenvalue weighted by Gasteiger charge is 2.34. The van der Waals surface area contributed by atoms with Gasteiger partial charge >= 0.3 is 6.18 Å². The van der Waals surface area contributed by atoms with Crippen LogP contribution in [0.3, 0.4) is 0 Å². The third-order valence-corrected chi connectivity index (χ3v) is 4.79. The van der Waals surface area contributed by atoms with Gasteiger partial charge in [0, 0.05) is 16.8 Å². The largest absolute Gasteiger partial charge is 0.417 e. The van der Waals surface area contributed by atoms with Gasteiger partial charge in [-0.25, -0.2) is 14.4 Å². The van der Waals surface area contributed by atoms with E-state index in [-0.39, 0.29) is 23.2 Å². The molecule has 0 saturated heterocycles. The summed E-state index contributed by atoms with van der Waals surface area (Å²) in [5.41, 5.74) is 0.669. The normalized spacial score (nSPS) is 14.3. The van der Waals surface area contributed by atoms with E-state index in [1.165, 1.54) is 18.2 Å². The third kappa shape index (κ3) is 4.06. The number of fused-ring (bicyclic) bond motifs is 1. The molecule has 0 radical (unpaired) electrons. The summed E-state index contributed by atoms with van der Waals surface area (Å²) < 4.78 is 53.2. The van der Waals surface area contributed by atoms with Crippen molar-refractivity contribution in [2.24, 2.45) is 0 Å². The third-order valence-electron chi connectivity index (χ3n) is 4.79. The van der Waals surface area contributed by atoms with Gasteiger partial charge < -0.3 is 5.32 Å². The first-order valence-corrected chi connectivity index (χ1v) is 9.26. The minimum atomic E-state index is -4.53. The van der Waals surface area contributed by atoms with Crippen LogP contribution in [0.2, 0.25) is 0 Å². The minimum absolute atomic E-state index is 0.0117. The van der Waals surface area contributed by atoms with Crippen LogP contribution in [0.4, 0.5) is 29.3 Å². The van der Waals surface area contributed by atoms with Crippen molar-refractivity contribution in [2.75, 3.05) is 5.32 Å². The van der Waals surface area contributed by atoms with Crippen LogP contribution in [0.5, 0.6) is 0 Å². The second-order valence-corrected chi connectivity index (χ2v) is 6.79. The Kier molecular flexibility index (Phi) is 5.16. The molecule has 29 heavy (non-hydrogen) atoms. The van der Waals surface area contributed by atoms with Crippen LogP contribution in [0.1, 0.15) is 41.9 Å². The van der Waals surface area contributed by atoms with E-state index in [1.54, 1.807) is 0 Å². The highest BCUT2D eigenvalue weighted by Crippen LogP contribution is 2.37. The number of aromatic nitrogens is 5. The molecule has 1 aliphatic carbocycles. The van der Waals surface area contributed by atoms with Gasteiger partial charge in [-0.3, -0.25) is 5.10 Å². The van der Waals surface area contributed by atoms with E-state index in [0.717, 1.165) is 30.9 Å². The quantitative estimate of drug-likeness (QED) is 0.482. The maximum absolute atomic E-state index is 13.5. The first kappa shape index (κ1) is 19.3. The van der Waals surface area contributed by atoms with Crippen molar-refractivity contribution >= 4 is 11.8 Å². The summed E-state index contributed by atoms with van der Waals surface area (Å²) in [6.45, 7) is -0.805. The lowest BCUT2D eigenvalue weighted by Crippen LogP contribution is -2.11. The SMILES string of the molecule is FCc1nc(Nc2nc(-c3ccccc3C(F)(F)F)nc3c2CCCCC3)n[nH]1. The predicted octanol–water partition coefficient (Wildman–Crippen LogP) is 4.76.